The molecule has 0 aliphatic carbocycles. The fraction of sp³-hybridized carbons (Fsp3) is 0.385. The van der Waals surface area contributed by atoms with Gasteiger partial charge in [0.1, 0.15) is 5.75 Å². The van der Waals surface area contributed by atoms with Gasteiger partial charge >= 0.3 is 0 Å². The summed E-state index contributed by atoms with van der Waals surface area (Å²) in [5.41, 5.74) is 1.23. The molecular formula is C13H19BO. The SMILES string of the molecule is CCCB(C)/C=C/c1ccc(OC)cc1. The van der Waals surface area contributed by atoms with Gasteiger partial charge in [0.2, 0.25) is 0 Å². The molecule has 0 N–H and O–H groups in total. The Bertz CT molecular complexity index is 303. The summed E-state index contributed by atoms with van der Waals surface area (Å²) >= 11 is 0. The highest BCUT2D eigenvalue weighted by molar-refractivity contribution is 6.63. The summed E-state index contributed by atoms with van der Waals surface area (Å²) < 4.78 is 5.11. The second-order valence-electron chi connectivity index (χ2n) is 3.90. The average molecular weight is 202 g/mol. The van der Waals surface area contributed by atoms with Crippen LogP contribution in [-0.2, 0) is 0 Å². The number of methoxy groups -OCH3 is 1. The van der Waals surface area contributed by atoms with Crippen LogP contribution in [0.3, 0.4) is 0 Å². The maximum Gasteiger partial charge on any atom is 0.163 e. The molecule has 0 unspecified atom stereocenters. The van der Waals surface area contributed by atoms with Crippen LogP contribution in [0.25, 0.3) is 6.08 Å². The van der Waals surface area contributed by atoms with E-state index in [0.29, 0.717) is 6.71 Å². The van der Waals surface area contributed by atoms with Gasteiger partial charge in [-0.3, -0.25) is 0 Å². The van der Waals surface area contributed by atoms with E-state index in [1.54, 1.807) is 7.11 Å². The maximum absolute atomic E-state index is 5.11. The van der Waals surface area contributed by atoms with E-state index in [1.165, 1.54) is 18.3 Å². The summed E-state index contributed by atoms with van der Waals surface area (Å²) in [6.45, 7) is 5.14. The van der Waals surface area contributed by atoms with Crippen LogP contribution in [0.4, 0.5) is 0 Å². The van der Waals surface area contributed by atoms with Crippen molar-refractivity contribution in [2.45, 2.75) is 26.5 Å². The van der Waals surface area contributed by atoms with Gasteiger partial charge < -0.3 is 4.74 Å². The number of hydrogen-bond donors (Lipinski definition) is 0. The zero-order valence-corrected chi connectivity index (χ0v) is 9.86. The molecular weight excluding hydrogens is 183 g/mol. The molecule has 0 aliphatic heterocycles. The van der Waals surface area contributed by atoms with Gasteiger partial charge in [-0.15, -0.1) is 5.98 Å². The molecule has 0 spiro atoms. The van der Waals surface area contributed by atoms with Crippen molar-refractivity contribution in [1.82, 2.24) is 0 Å². The van der Waals surface area contributed by atoms with Crippen molar-refractivity contribution >= 4 is 12.8 Å². The molecule has 15 heavy (non-hydrogen) atoms. The van der Waals surface area contributed by atoms with Gasteiger partial charge in [-0.1, -0.05) is 44.7 Å². The van der Waals surface area contributed by atoms with E-state index in [-0.39, 0.29) is 0 Å². The quantitative estimate of drug-likeness (QED) is 0.660. The van der Waals surface area contributed by atoms with Crippen LogP contribution in [0.1, 0.15) is 18.9 Å². The van der Waals surface area contributed by atoms with Crippen molar-refractivity contribution in [3.05, 3.63) is 35.8 Å². The van der Waals surface area contributed by atoms with Gasteiger partial charge in [0.15, 0.2) is 6.71 Å². The van der Waals surface area contributed by atoms with Crippen molar-refractivity contribution < 1.29 is 4.74 Å². The van der Waals surface area contributed by atoms with Crippen molar-refractivity contribution in [3.63, 3.8) is 0 Å². The molecule has 0 heterocycles. The molecule has 0 bridgehead atoms. The Labute approximate surface area is 93.2 Å². The number of rotatable bonds is 5. The lowest BCUT2D eigenvalue weighted by Gasteiger charge is -2.00. The first-order chi connectivity index (χ1) is 7.26. The molecule has 0 saturated heterocycles. The molecule has 1 aromatic carbocycles. The van der Waals surface area contributed by atoms with Gasteiger partial charge in [0.05, 0.1) is 7.11 Å². The zero-order chi connectivity index (χ0) is 11.1. The molecule has 2 heteroatoms. The third kappa shape index (κ3) is 4.24. The summed E-state index contributed by atoms with van der Waals surface area (Å²) in [4.78, 5) is 0. The van der Waals surface area contributed by atoms with E-state index < -0.39 is 0 Å². The van der Waals surface area contributed by atoms with Crippen molar-refractivity contribution in [3.8, 4) is 5.75 Å². The molecule has 1 aromatic rings. The zero-order valence-electron chi connectivity index (χ0n) is 9.86. The lowest BCUT2D eigenvalue weighted by Crippen LogP contribution is -2.00. The van der Waals surface area contributed by atoms with Crippen LogP contribution in [-0.4, -0.2) is 13.8 Å². The van der Waals surface area contributed by atoms with Gasteiger partial charge in [-0.2, -0.15) is 0 Å². The fourth-order valence-corrected chi connectivity index (χ4v) is 1.54. The van der Waals surface area contributed by atoms with Crippen LogP contribution in [0.2, 0.25) is 13.1 Å². The maximum atomic E-state index is 5.11. The molecule has 0 radical (unpaired) electrons. The fourth-order valence-electron chi connectivity index (χ4n) is 1.54. The van der Waals surface area contributed by atoms with E-state index in [0.717, 1.165) is 5.75 Å². The van der Waals surface area contributed by atoms with Crippen molar-refractivity contribution in [1.29, 1.82) is 0 Å². The Hall–Kier alpha value is -1.18. The van der Waals surface area contributed by atoms with E-state index in [2.05, 4.69) is 37.9 Å². The van der Waals surface area contributed by atoms with Crippen LogP contribution in [0.15, 0.2) is 30.2 Å². The summed E-state index contributed by atoms with van der Waals surface area (Å²) in [5, 5.41) is 0. The number of benzene rings is 1. The first-order valence-electron chi connectivity index (χ1n) is 5.58. The number of ether oxygens (including phenoxy) is 1. The Morgan fingerprint density at radius 3 is 2.47 bits per heavy atom. The molecule has 0 fully saturated rings. The van der Waals surface area contributed by atoms with Gasteiger partial charge in [-0.05, 0) is 17.7 Å². The summed E-state index contributed by atoms with van der Waals surface area (Å²) in [5.74, 6) is 3.18. The smallest absolute Gasteiger partial charge is 0.163 e. The van der Waals surface area contributed by atoms with E-state index in [9.17, 15) is 0 Å². The highest BCUT2D eigenvalue weighted by Gasteiger charge is 1.98. The van der Waals surface area contributed by atoms with E-state index in [1.807, 2.05) is 12.1 Å². The van der Waals surface area contributed by atoms with Crippen LogP contribution in [0.5, 0.6) is 5.75 Å². The van der Waals surface area contributed by atoms with E-state index >= 15 is 0 Å². The van der Waals surface area contributed by atoms with Crippen molar-refractivity contribution in [2.75, 3.05) is 7.11 Å². The van der Waals surface area contributed by atoms with Crippen molar-refractivity contribution in [2.24, 2.45) is 0 Å². The molecule has 0 atom stereocenters. The molecule has 0 saturated carbocycles. The second-order valence-corrected chi connectivity index (χ2v) is 3.90. The summed E-state index contributed by atoms with van der Waals surface area (Å²) in [6.07, 6.45) is 4.68. The standard InChI is InChI=1S/C13H19BO/c1-4-10-14(2)11-9-12-5-7-13(15-3)8-6-12/h5-9,11H,4,10H2,1-3H3/b11-9+. The largest absolute Gasteiger partial charge is 0.497 e. The predicted molar refractivity (Wildman–Crippen MR) is 68.7 cm³/mol. The normalized spacial score (nSPS) is 10.6. The molecule has 80 valence electrons. The van der Waals surface area contributed by atoms with Crippen LogP contribution >= 0.6 is 0 Å². The topological polar surface area (TPSA) is 9.23 Å². The van der Waals surface area contributed by atoms with Crippen LogP contribution < -0.4 is 4.74 Å². The first-order valence-corrected chi connectivity index (χ1v) is 5.58. The Morgan fingerprint density at radius 2 is 1.93 bits per heavy atom. The summed E-state index contributed by atoms with van der Waals surface area (Å²) in [6, 6.07) is 8.14. The Morgan fingerprint density at radius 1 is 1.27 bits per heavy atom. The first kappa shape index (κ1) is 11.9. The number of hydrogen-bond acceptors (Lipinski definition) is 1. The molecule has 1 nitrogen and oxygen atoms in total. The minimum absolute atomic E-state index is 0.664. The molecule has 0 aliphatic rings. The molecule has 0 aromatic heterocycles. The highest BCUT2D eigenvalue weighted by Crippen LogP contribution is 2.12. The van der Waals surface area contributed by atoms with E-state index in [4.69, 9.17) is 4.74 Å². The lowest BCUT2D eigenvalue weighted by atomic mass is 9.49. The molecule has 1 rings (SSSR count). The van der Waals surface area contributed by atoms with Gasteiger partial charge in [0, 0.05) is 0 Å². The second kappa shape index (κ2) is 6.33. The minimum Gasteiger partial charge on any atom is -0.497 e. The van der Waals surface area contributed by atoms with Gasteiger partial charge in [0.25, 0.3) is 0 Å². The average Bonchev–Trinajstić information content (AvgIpc) is 2.27. The Kier molecular flexibility index (Phi) is 5.02. The summed E-state index contributed by atoms with van der Waals surface area (Å²) in [7, 11) is 1.69. The van der Waals surface area contributed by atoms with Gasteiger partial charge in [-0.25, -0.2) is 0 Å². The highest BCUT2D eigenvalue weighted by atomic mass is 16.5. The van der Waals surface area contributed by atoms with Crippen LogP contribution in [0, 0.1) is 0 Å². The Balaban J connectivity index is 2.56. The molecule has 0 amide bonds. The minimum atomic E-state index is 0.664. The lowest BCUT2D eigenvalue weighted by molar-refractivity contribution is 0.415. The predicted octanol–water partition coefficient (Wildman–Crippen LogP) is 3.78. The monoisotopic (exact) mass is 202 g/mol. The third-order valence-electron chi connectivity index (χ3n) is 2.48. The third-order valence-corrected chi connectivity index (χ3v) is 2.48.